The first-order chi connectivity index (χ1) is 6.83. The van der Waals surface area contributed by atoms with Gasteiger partial charge in [-0.05, 0) is 18.2 Å². The maximum Gasteiger partial charge on any atom is 0.137 e. The predicted octanol–water partition coefficient (Wildman–Crippen LogP) is 0.274. The Labute approximate surface area is 88.7 Å². The molecule has 3 nitrogen and oxygen atoms in total. The summed E-state index contributed by atoms with van der Waals surface area (Å²) in [6.45, 7) is 2.39. The van der Waals surface area contributed by atoms with E-state index >= 15 is 0 Å². The van der Waals surface area contributed by atoms with E-state index in [1.165, 1.54) is 0 Å². The van der Waals surface area contributed by atoms with E-state index in [-0.39, 0.29) is 6.61 Å². The van der Waals surface area contributed by atoms with Gasteiger partial charge in [-0.2, -0.15) is 0 Å². The molecule has 0 fully saturated rings. The van der Waals surface area contributed by atoms with Crippen molar-refractivity contribution in [3.63, 3.8) is 0 Å². The van der Waals surface area contributed by atoms with Crippen LogP contribution >= 0.6 is 11.6 Å². The van der Waals surface area contributed by atoms with Crippen LogP contribution in [0, 0.1) is 0 Å². The molecule has 0 saturated carbocycles. The maximum atomic E-state index is 8.53. The quantitative estimate of drug-likeness (QED) is 0.671. The number of ether oxygens (including phenoxy) is 1. The fourth-order valence-electron chi connectivity index (χ4n) is 1.05. The molecule has 0 saturated heterocycles. The average Bonchev–Trinajstić information content (AvgIpc) is 2.18. The molecule has 0 atom stereocenters. The van der Waals surface area contributed by atoms with Gasteiger partial charge < -0.3 is 15.2 Å². The van der Waals surface area contributed by atoms with Crippen molar-refractivity contribution in [3.05, 3.63) is 29.3 Å². The van der Waals surface area contributed by atoms with Crippen LogP contribution in [0.2, 0.25) is 5.02 Å². The highest BCUT2D eigenvalue weighted by Gasteiger charge is 1.95. The predicted molar refractivity (Wildman–Crippen MR) is 55.7 cm³/mol. The first-order valence-corrected chi connectivity index (χ1v) is 5.01. The zero-order valence-corrected chi connectivity index (χ0v) is 8.70. The highest BCUT2D eigenvalue weighted by atomic mass is 35.5. The van der Waals surface area contributed by atoms with Gasteiger partial charge >= 0.3 is 0 Å². The van der Waals surface area contributed by atoms with Gasteiger partial charge in [0.2, 0.25) is 0 Å². The number of quaternary nitrogens is 1. The lowest BCUT2D eigenvalue weighted by atomic mass is 10.3. The topological polar surface area (TPSA) is 46.1 Å². The molecule has 1 aromatic carbocycles. The van der Waals surface area contributed by atoms with Gasteiger partial charge in [0.05, 0.1) is 13.2 Å². The molecular weight excluding hydrogens is 202 g/mol. The zero-order valence-electron chi connectivity index (χ0n) is 7.95. The van der Waals surface area contributed by atoms with Gasteiger partial charge in [0.25, 0.3) is 0 Å². The van der Waals surface area contributed by atoms with Gasteiger partial charge in [-0.3, -0.25) is 0 Å². The maximum absolute atomic E-state index is 8.53. The number of rotatable bonds is 6. The van der Waals surface area contributed by atoms with Gasteiger partial charge in [-0.15, -0.1) is 0 Å². The molecule has 0 aromatic heterocycles. The summed E-state index contributed by atoms with van der Waals surface area (Å²) in [6, 6.07) is 7.33. The van der Waals surface area contributed by atoms with E-state index in [4.69, 9.17) is 21.4 Å². The highest BCUT2D eigenvalue weighted by Crippen LogP contribution is 2.16. The Morgan fingerprint density at radius 3 is 2.93 bits per heavy atom. The van der Waals surface area contributed by atoms with Crippen LogP contribution in [0.1, 0.15) is 0 Å². The molecule has 0 heterocycles. The third-order valence-corrected chi connectivity index (χ3v) is 1.96. The molecule has 1 rings (SSSR count). The minimum atomic E-state index is 0.206. The molecule has 0 unspecified atom stereocenters. The molecule has 14 heavy (non-hydrogen) atoms. The van der Waals surface area contributed by atoms with Gasteiger partial charge in [0, 0.05) is 5.02 Å². The Kier molecular flexibility index (Phi) is 5.37. The Morgan fingerprint density at radius 2 is 2.21 bits per heavy atom. The first kappa shape index (κ1) is 11.3. The van der Waals surface area contributed by atoms with Crippen LogP contribution < -0.4 is 10.1 Å². The van der Waals surface area contributed by atoms with Crippen molar-refractivity contribution in [2.75, 3.05) is 26.3 Å². The van der Waals surface area contributed by atoms with E-state index in [1.54, 1.807) is 6.07 Å². The van der Waals surface area contributed by atoms with Crippen molar-refractivity contribution < 1.29 is 15.2 Å². The molecule has 0 aliphatic rings. The van der Waals surface area contributed by atoms with Crippen LogP contribution in [-0.2, 0) is 0 Å². The molecule has 0 amide bonds. The number of hydrogen-bond acceptors (Lipinski definition) is 2. The number of benzene rings is 1. The SMILES string of the molecule is OCC[NH2+]CCOc1cccc(Cl)c1. The molecular formula is C10H15ClNO2+. The Bertz CT molecular complexity index is 268. The lowest BCUT2D eigenvalue weighted by Gasteiger charge is -2.04. The van der Waals surface area contributed by atoms with Gasteiger partial charge in [0.1, 0.15) is 18.9 Å². The Morgan fingerprint density at radius 1 is 1.36 bits per heavy atom. The van der Waals surface area contributed by atoms with Crippen molar-refractivity contribution >= 4 is 11.6 Å². The second-order valence-corrected chi connectivity index (χ2v) is 3.33. The summed E-state index contributed by atoms with van der Waals surface area (Å²) in [5, 5.41) is 11.2. The lowest BCUT2D eigenvalue weighted by Crippen LogP contribution is -2.86. The summed E-state index contributed by atoms with van der Waals surface area (Å²) in [5.41, 5.74) is 0. The van der Waals surface area contributed by atoms with Crippen LogP contribution in [0.15, 0.2) is 24.3 Å². The number of aliphatic hydroxyl groups excluding tert-OH is 1. The summed E-state index contributed by atoms with van der Waals surface area (Å²) < 4.78 is 5.44. The normalized spacial score (nSPS) is 10.1. The highest BCUT2D eigenvalue weighted by molar-refractivity contribution is 6.30. The standard InChI is InChI=1S/C10H14ClNO2/c11-9-2-1-3-10(8-9)14-7-5-12-4-6-13/h1-3,8,12-13H,4-7H2/p+1. The van der Waals surface area contributed by atoms with E-state index in [0.29, 0.717) is 11.6 Å². The van der Waals surface area contributed by atoms with Crippen molar-refractivity contribution in [2.24, 2.45) is 0 Å². The fourth-order valence-corrected chi connectivity index (χ4v) is 1.23. The van der Waals surface area contributed by atoms with Crippen molar-refractivity contribution in [2.45, 2.75) is 0 Å². The zero-order chi connectivity index (χ0) is 10.2. The lowest BCUT2D eigenvalue weighted by molar-refractivity contribution is -0.656. The van der Waals surface area contributed by atoms with Crippen LogP contribution in [0.3, 0.4) is 0 Å². The van der Waals surface area contributed by atoms with E-state index in [2.05, 4.69) is 0 Å². The molecule has 3 N–H and O–H groups in total. The van der Waals surface area contributed by atoms with Crippen LogP contribution in [0.4, 0.5) is 0 Å². The summed E-state index contributed by atoms with van der Waals surface area (Å²) in [6.07, 6.45) is 0. The minimum Gasteiger partial charge on any atom is -0.488 e. The number of nitrogens with two attached hydrogens (primary N) is 1. The monoisotopic (exact) mass is 216 g/mol. The van der Waals surface area contributed by atoms with Crippen LogP contribution in [0.5, 0.6) is 5.75 Å². The minimum absolute atomic E-state index is 0.206. The summed E-state index contributed by atoms with van der Waals surface area (Å²) >= 11 is 5.79. The van der Waals surface area contributed by atoms with Gasteiger partial charge in [-0.1, -0.05) is 17.7 Å². The van der Waals surface area contributed by atoms with E-state index in [1.807, 2.05) is 23.5 Å². The van der Waals surface area contributed by atoms with E-state index in [0.717, 1.165) is 18.8 Å². The fraction of sp³-hybridized carbons (Fsp3) is 0.400. The molecule has 0 aliphatic carbocycles. The molecule has 1 aromatic rings. The van der Waals surface area contributed by atoms with Crippen molar-refractivity contribution in [1.29, 1.82) is 0 Å². The molecule has 4 heteroatoms. The van der Waals surface area contributed by atoms with Crippen molar-refractivity contribution in [1.82, 2.24) is 0 Å². The molecule has 78 valence electrons. The smallest absolute Gasteiger partial charge is 0.137 e. The Balaban J connectivity index is 2.18. The molecule has 0 aliphatic heterocycles. The second-order valence-electron chi connectivity index (χ2n) is 2.90. The van der Waals surface area contributed by atoms with Crippen LogP contribution in [-0.4, -0.2) is 31.4 Å². The first-order valence-electron chi connectivity index (χ1n) is 4.64. The summed E-state index contributed by atoms with van der Waals surface area (Å²) in [4.78, 5) is 0. The van der Waals surface area contributed by atoms with Crippen molar-refractivity contribution in [3.8, 4) is 5.75 Å². The van der Waals surface area contributed by atoms with E-state index in [9.17, 15) is 0 Å². The Hall–Kier alpha value is -0.770. The number of hydrogen-bond donors (Lipinski definition) is 2. The number of halogens is 1. The van der Waals surface area contributed by atoms with Gasteiger partial charge in [0.15, 0.2) is 0 Å². The van der Waals surface area contributed by atoms with E-state index < -0.39 is 0 Å². The third kappa shape index (κ3) is 4.46. The third-order valence-electron chi connectivity index (χ3n) is 1.72. The number of aliphatic hydroxyl groups is 1. The average molecular weight is 217 g/mol. The largest absolute Gasteiger partial charge is 0.488 e. The molecule has 0 bridgehead atoms. The second kappa shape index (κ2) is 6.65. The van der Waals surface area contributed by atoms with Gasteiger partial charge in [-0.25, -0.2) is 0 Å². The van der Waals surface area contributed by atoms with Crippen LogP contribution in [0.25, 0.3) is 0 Å². The molecule has 0 radical (unpaired) electrons. The molecule has 0 spiro atoms. The summed E-state index contributed by atoms with van der Waals surface area (Å²) in [7, 11) is 0. The summed E-state index contributed by atoms with van der Waals surface area (Å²) in [5.74, 6) is 0.787.